The molecule has 0 atom stereocenters. The molecule has 1 aliphatic rings. The zero-order valence-electron chi connectivity index (χ0n) is 19.0. The molecule has 2 heterocycles. The van der Waals surface area contributed by atoms with Crippen LogP contribution in [0.2, 0.25) is 0 Å². The second-order valence-corrected chi connectivity index (χ2v) is 7.60. The Morgan fingerprint density at radius 3 is 2.15 bits per heavy atom. The lowest BCUT2D eigenvalue weighted by Crippen LogP contribution is -2.47. The van der Waals surface area contributed by atoms with Crippen LogP contribution in [-0.4, -0.2) is 69.7 Å². The molecule has 2 N–H and O–H groups in total. The number of nitrogens with zero attached hydrogens (tertiary/aromatic N) is 4. The molecule has 4 rings (SSSR count). The first-order valence-electron chi connectivity index (χ1n) is 11.1. The van der Waals surface area contributed by atoms with Crippen LogP contribution in [0.3, 0.4) is 0 Å². The molecule has 9 heteroatoms. The summed E-state index contributed by atoms with van der Waals surface area (Å²) in [5.74, 6) is -0.353. The standard InChI is InChI=1S/C21H24N4O.C4H4O4/c1-2-12-24-13-15-25(16-14-24)21-22-19-11-7-6-10-18(19)20(23-21)26-17-8-4-3-5-9-17;5-3(6)1-2-4(7)8/h3-11H,2,12-16H2,1H3;1-2H,(H,5,6)(H,7,8)/b;2-1-. The fourth-order valence-corrected chi connectivity index (χ4v) is 3.49. The van der Waals surface area contributed by atoms with Gasteiger partial charge in [0.05, 0.1) is 10.9 Å². The molecule has 1 fully saturated rings. The van der Waals surface area contributed by atoms with E-state index in [4.69, 9.17) is 24.9 Å². The van der Waals surface area contributed by atoms with Crippen LogP contribution < -0.4 is 9.64 Å². The second-order valence-electron chi connectivity index (χ2n) is 7.60. The van der Waals surface area contributed by atoms with Crippen molar-refractivity contribution in [3.63, 3.8) is 0 Å². The van der Waals surface area contributed by atoms with E-state index in [2.05, 4.69) is 16.7 Å². The van der Waals surface area contributed by atoms with Gasteiger partial charge in [-0.25, -0.2) is 14.6 Å². The van der Waals surface area contributed by atoms with Crippen molar-refractivity contribution < 1.29 is 24.5 Å². The molecule has 1 aromatic heterocycles. The van der Waals surface area contributed by atoms with E-state index in [1.165, 1.54) is 6.42 Å². The van der Waals surface area contributed by atoms with Crippen molar-refractivity contribution in [1.29, 1.82) is 0 Å². The van der Waals surface area contributed by atoms with Crippen molar-refractivity contribution in [2.45, 2.75) is 13.3 Å². The number of carbonyl (C=O) groups is 2. The highest BCUT2D eigenvalue weighted by molar-refractivity contribution is 5.89. The summed E-state index contributed by atoms with van der Waals surface area (Å²) >= 11 is 0. The van der Waals surface area contributed by atoms with Crippen LogP contribution in [-0.2, 0) is 9.59 Å². The van der Waals surface area contributed by atoms with Gasteiger partial charge in [-0.15, -0.1) is 0 Å². The molecule has 3 aromatic rings. The third-order valence-electron chi connectivity index (χ3n) is 5.08. The lowest BCUT2D eigenvalue weighted by molar-refractivity contribution is -0.134. The summed E-state index contributed by atoms with van der Waals surface area (Å²) in [5.41, 5.74) is 0.916. The summed E-state index contributed by atoms with van der Waals surface area (Å²) in [5, 5.41) is 16.6. The summed E-state index contributed by atoms with van der Waals surface area (Å²) < 4.78 is 6.09. The van der Waals surface area contributed by atoms with Crippen LogP contribution in [0.25, 0.3) is 10.9 Å². The van der Waals surface area contributed by atoms with Crippen LogP contribution >= 0.6 is 0 Å². The number of piperazine rings is 1. The van der Waals surface area contributed by atoms with Gasteiger partial charge in [-0.2, -0.15) is 4.98 Å². The molecule has 0 amide bonds. The molecular weight excluding hydrogens is 436 g/mol. The predicted molar refractivity (Wildman–Crippen MR) is 129 cm³/mol. The van der Waals surface area contributed by atoms with E-state index in [9.17, 15) is 9.59 Å². The van der Waals surface area contributed by atoms with E-state index in [-0.39, 0.29) is 0 Å². The number of para-hydroxylation sites is 2. The summed E-state index contributed by atoms with van der Waals surface area (Å²) in [6, 6.07) is 17.8. The average Bonchev–Trinajstić information content (AvgIpc) is 2.84. The molecule has 0 bridgehead atoms. The number of rotatable bonds is 7. The maximum atomic E-state index is 9.55. The van der Waals surface area contributed by atoms with Gasteiger partial charge < -0.3 is 19.8 Å². The first-order valence-corrected chi connectivity index (χ1v) is 11.1. The van der Waals surface area contributed by atoms with Gasteiger partial charge in [0.1, 0.15) is 5.75 Å². The maximum absolute atomic E-state index is 9.55. The highest BCUT2D eigenvalue weighted by Gasteiger charge is 2.20. The number of hydrogen-bond acceptors (Lipinski definition) is 7. The van der Waals surface area contributed by atoms with Gasteiger partial charge in [0.25, 0.3) is 0 Å². The highest BCUT2D eigenvalue weighted by atomic mass is 16.5. The SMILES string of the molecule is CCCN1CCN(c2nc(Oc3ccccc3)c3ccccc3n2)CC1.O=C(O)/C=C\C(=O)O. The summed E-state index contributed by atoms with van der Waals surface area (Å²) in [6.45, 7) is 7.39. The first-order chi connectivity index (χ1) is 16.5. The number of hydrogen-bond donors (Lipinski definition) is 2. The largest absolute Gasteiger partial charge is 0.478 e. The Hall–Kier alpha value is -3.98. The van der Waals surface area contributed by atoms with E-state index >= 15 is 0 Å². The monoisotopic (exact) mass is 464 g/mol. The fourth-order valence-electron chi connectivity index (χ4n) is 3.49. The summed E-state index contributed by atoms with van der Waals surface area (Å²) in [7, 11) is 0. The number of carboxylic acid groups (broad SMARTS) is 2. The molecule has 0 aliphatic carbocycles. The Bertz CT molecular complexity index is 1110. The van der Waals surface area contributed by atoms with Crippen molar-refractivity contribution in [3.05, 3.63) is 66.7 Å². The van der Waals surface area contributed by atoms with E-state index in [1.807, 2.05) is 54.6 Å². The number of ether oxygens (including phenoxy) is 1. The van der Waals surface area contributed by atoms with Crippen molar-refractivity contribution >= 4 is 28.8 Å². The molecule has 0 unspecified atom stereocenters. The Morgan fingerprint density at radius 1 is 0.912 bits per heavy atom. The minimum absolute atomic E-state index is 0.558. The molecule has 0 spiro atoms. The van der Waals surface area contributed by atoms with Gasteiger partial charge in [-0.05, 0) is 37.2 Å². The van der Waals surface area contributed by atoms with E-state index < -0.39 is 11.9 Å². The molecule has 1 saturated heterocycles. The predicted octanol–water partition coefficient (Wildman–Crippen LogP) is 3.67. The van der Waals surface area contributed by atoms with Gasteiger partial charge in [0.15, 0.2) is 0 Å². The third-order valence-corrected chi connectivity index (χ3v) is 5.08. The first kappa shape index (κ1) is 24.7. The fraction of sp³-hybridized carbons (Fsp3) is 0.280. The molecule has 2 aromatic carbocycles. The molecule has 1 aliphatic heterocycles. The Labute approximate surface area is 197 Å². The quantitative estimate of drug-likeness (QED) is 0.505. The molecule has 178 valence electrons. The zero-order chi connectivity index (χ0) is 24.3. The second kappa shape index (κ2) is 12.3. The van der Waals surface area contributed by atoms with Gasteiger partial charge in [-0.1, -0.05) is 37.3 Å². The Morgan fingerprint density at radius 2 is 1.53 bits per heavy atom. The van der Waals surface area contributed by atoms with E-state index in [0.717, 1.165) is 55.3 Å². The van der Waals surface area contributed by atoms with Crippen LogP contribution in [0.5, 0.6) is 11.6 Å². The van der Waals surface area contributed by atoms with Crippen LogP contribution in [0, 0.1) is 0 Å². The number of aromatic nitrogens is 2. The van der Waals surface area contributed by atoms with Gasteiger partial charge >= 0.3 is 11.9 Å². The van der Waals surface area contributed by atoms with Gasteiger partial charge in [-0.3, -0.25) is 4.90 Å². The lowest BCUT2D eigenvalue weighted by Gasteiger charge is -2.34. The molecule has 34 heavy (non-hydrogen) atoms. The topological polar surface area (TPSA) is 116 Å². The van der Waals surface area contributed by atoms with Crippen LogP contribution in [0.15, 0.2) is 66.7 Å². The van der Waals surface area contributed by atoms with E-state index in [1.54, 1.807) is 0 Å². The number of benzene rings is 2. The lowest BCUT2D eigenvalue weighted by atomic mass is 10.2. The van der Waals surface area contributed by atoms with Crippen molar-refractivity contribution in [3.8, 4) is 11.6 Å². The number of fused-ring (bicyclic) bond motifs is 1. The van der Waals surface area contributed by atoms with Crippen molar-refractivity contribution in [2.24, 2.45) is 0 Å². The van der Waals surface area contributed by atoms with Crippen LogP contribution in [0.1, 0.15) is 13.3 Å². The smallest absolute Gasteiger partial charge is 0.328 e. The highest BCUT2D eigenvalue weighted by Crippen LogP contribution is 2.29. The number of anilines is 1. The molecular formula is C25H28N4O5. The molecule has 0 saturated carbocycles. The number of aliphatic carboxylic acids is 2. The summed E-state index contributed by atoms with van der Waals surface area (Å²) in [4.78, 5) is 33.4. The molecule has 9 nitrogen and oxygen atoms in total. The molecule has 0 radical (unpaired) electrons. The average molecular weight is 465 g/mol. The normalized spacial score (nSPS) is 14.0. The number of carboxylic acids is 2. The van der Waals surface area contributed by atoms with Gasteiger partial charge in [0.2, 0.25) is 11.8 Å². The van der Waals surface area contributed by atoms with Crippen LogP contribution in [0.4, 0.5) is 5.95 Å². The Balaban J connectivity index is 0.000000350. The van der Waals surface area contributed by atoms with E-state index in [0.29, 0.717) is 18.0 Å². The van der Waals surface area contributed by atoms with Crippen molar-refractivity contribution in [1.82, 2.24) is 14.9 Å². The zero-order valence-corrected chi connectivity index (χ0v) is 19.0. The Kier molecular flexibility index (Phi) is 8.93. The van der Waals surface area contributed by atoms with Crippen molar-refractivity contribution in [2.75, 3.05) is 37.6 Å². The third kappa shape index (κ3) is 7.28. The van der Waals surface area contributed by atoms with Gasteiger partial charge in [0, 0.05) is 38.3 Å². The summed E-state index contributed by atoms with van der Waals surface area (Å²) in [6.07, 6.45) is 2.31. The minimum atomic E-state index is -1.26. The maximum Gasteiger partial charge on any atom is 0.328 e. The minimum Gasteiger partial charge on any atom is -0.478 e.